The zero-order valence-electron chi connectivity index (χ0n) is 15.7. The van der Waals surface area contributed by atoms with Crippen LogP contribution in [-0.2, 0) is 10.0 Å². The fraction of sp³-hybridized carbons (Fsp3) is 0.611. The number of hydrazone groups is 1. The molecule has 0 aliphatic heterocycles. The van der Waals surface area contributed by atoms with Crippen LogP contribution in [0.15, 0.2) is 23.3 Å². The Hall–Kier alpha value is -1.76. The van der Waals surface area contributed by atoms with E-state index >= 15 is 0 Å². The summed E-state index contributed by atoms with van der Waals surface area (Å²) in [6.45, 7) is 3.90. The average Bonchev–Trinajstić information content (AvgIpc) is 2.62. The Bertz CT molecular complexity index is 657. The molecule has 1 rings (SSSR count). The highest BCUT2D eigenvalue weighted by Crippen LogP contribution is 2.27. The molecule has 6 nitrogen and oxygen atoms in total. The summed E-state index contributed by atoms with van der Waals surface area (Å²) in [5.74, 6) is 1.29. The van der Waals surface area contributed by atoms with Crippen LogP contribution in [0.1, 0.15) is 57.9 Å². The Balaban J connectivity index is 2.58. The maximum atomic E-state index is 12.0. The lowest BCUT2D eigenvalue weighted by molar-refractivity contribution is 0.355. The van der Waals surface area contributed by atoms with E-state index in [0.29, 0.717) is 23.6 Å². The Kier molecular flexibility index (Phi) is 9.34. The number of benzene rings is 1. The first kappa shape index (κ1) is 21.3. The number of hydrogen-bond donors (Lipinski definition) is 1. The quantitative estimate of drug-likeness (QED) is 0.346. The molecule has 0 spiro atoms. The van der Waals surface area contributed by atoms with Crippen LogP contribution < -0.4 is 14.3 Å². The van der Waals surface area contributed by atoms with E-state index in [1.807, 2.05) is 6.07 Å². The molecule has 0 atom stereocenters. The number of unbranched alkanes of at least 4 members (excludes halogenated alkanes) is 5. The minimum atomic E-state index is -3.40. The Morgan fingerprint density at radius 3 is 2.32 bits per heavy atom. The monoisotopic (exact) mass is 370 g/mol. The molecule has 1 N–H and O–H groups in total. The van der Waals surface area contributed by atoms with Crippen LogP contribution in [0.25, 0.3) is 0 Å². The summed E-state index contributed by atoms with van der Waals surface area (Å²) in [6, 6.07) is 5.33. The third-order valence-electron chi connectivity index (χ3n) is 3.92. The van der Waals surface area contributed by atoms with Gasteiger partial charge in [0.15, 0.2) is 11.5 Å². The fourth-order valence-electron chi connectivity index (χ4n) is 2.38. The lowest BCUT2D eigenvalue weighted by atomic mass is 10.1. The van der Waals surface area contributed by atoms with E-state index in [1.165, 1.54) is 19.3 Å². The predicted octanol–water partition coefficient (Wildman–Crippen LogP) is 3.71. The maximum Gasteiger partial charge on any atom is 0.247 e. The highest BCUT2D eigenvalue weighted by Gasteiger charge is 2.10. The molecule has 0 unspecified atom stereocenters. The molecule has 0 fully saturated rings. The molecule has 25 heavy (non-hydrogen) atoms. The van der Waals surface area contributed by atoms with Crippen molar-refractivity contribution < 1.29 is 17.9 Å². The van der Waals surface area contributed by atoms with Crippen molar-refractivity contribution in [1.29, 1.82) is 0 Å². The summed E-state index contributed by atoms with van der Waals surface area (Å²) in [6.07, 6.45) is 6.23. The van der Waals surface area contributed by atoms with E-state index in [1.54, 1.807) is 33.3 Å². The number of rotatable bonds is 12. The van der Waals surface area contributed by atoms with Crippen molar-refractivity contribution in [2.24, 2.45) is 5.10 Å². The third kappa shape index (κ3) is 7.77. The summed E-state index contributed by atoms with van der Waals surface area (Å²) < 4.78 is 34.5. The van der Waals surface area contributed by atoms with Crippen LogP contribution in [0.2, 0.25) is 0 Å². The summed E-state index contributed by atoms with van der Waals surface area (Å²) in [5, 5.41) is 4.01. The maximum absolute atomic E-state index is 12.0. The average molecular weight is 371 g/mol. The molecule has 0 saturated carbocycles. The summed E-state index contributed by atoms with van der Waals surface area (Å²) in [5.41, 5.74) is 1.33. The minimum Gasteiger partial charge on any atom is -0.493 e. The smallest absolute Gasteiger partial charge is 0.247 e. The number of hydrogen-bond acceptors (Lipinski definition) is 5. The predicted molar refractivity (Wildman–Crippen MR) is 102 cm³/mol. The standard InChI is InChI=1S/C18H30N2O4S/c1-5-6-7-8-9-10-13-25(21,22)20-19-15(2)16-11-12-17(23-3)18(14-16)24-4/h11-12,14,20H,5-10,13H2,1-4H3. The largest absolute Gasteiger partial charge is 0.493 e. The molecule has 1 aromatic rings. The van der Waals surface area contributed by atoms with Crippen LogP contribution >= 0.6 is 0 Å². The second-order valence-corrected chi connectivity index (χ2v) is 7.77. The van der Waals surface area contributed by atoms with Gasteiger partial charge in [-0.3, -0.25) is 0 Å². The summed E-state index contributed by atoms with van der Waals surface area (Å²) >= 11 is 0. The molecule has 0 aliphatic carbocycles. The third-order valence-corrected chi connectivity index (χ3v) is 5.12. The van der Waals surface area contributed by atoms with Gasteiger partial charge in [0.25, 0.3) is 0 Å². The van der Waals surface area contributed by atoms with Crippen LogP contribution in [0.3, 0.4) is 0 Å². The molecule has 142 valence electrons. The number of sulfonamides is 1. The molecular formula is C18H30N2O4S. The lowest BCUT2D eigenvalue weighted by Crippen LogP contribution is -2.23. The first-order valence-corrected chi connectivity index (χ1v) is 10.3. The topological polar surface area (TPSA) is 77.0 Å². The fourth-order valence-corrected chi connectivity index (χ4v) is 3.33. The van der Waals surface area contributed by atoms with E-state index in [0.717, 1.165) is 18.4 Å². The zero-order valence-corrected chi connectivity index (χ0v) is 16.5. The van der Waals surface area contributed by atoms with Crippen molar-refractivity contribution >= 4 is 15.7 Å². The molecule has 0 bridgehead atoms. The molecule has 0 saturated heterocycles. The Morgan fingerprint density at radius 2 is 1.68 bits per heavy atom. The second-order valence-electron chi connectivity index (χ2n) is 5.94. The van der Waals surface area contributed by atoms with Gasteiger partial charge < -0.3 is 9.47 Å². The zero-order chi connectivity index (χ0) is 18.7. The Morgan fingerprint density at radius 1 is 1.04 bits per heavy atom. The van der Waals surface area contributed by atoms with Gasteiger partial charge in [-0.15, -0.1) is 0 Å². The van der Waals surface area contributed by atoms with Gasteiger partial charge in [0, 0.05) is 5.56 Å². The second kappa shape index (κ2) is 11.0. The van der Waals surface area contributed by atoms with Crippen molar-refractivity contribution in [3.05, 3.63) is 23.8 Å². The highest BCUT2D eigenvalue weighted by molar-refractivity contribution is 7.89. The lowest BCUT2D eigenvalue weighted by Gasteiger charge is -2.10. The number of nitrogens with zero attached hydrogens (tertiary/aromatic N) is 1. The van der Waals surface area contributed by atoms with Gasteiger partial charge in [-0.25, -0.2) is 13.2 Å². The Labute approximate surface area is 151 Å². The summed E-state index contributed by atoms with van der Waals surface area (Å²) in [4.78, 5) is 2.31. The van der Waals surface area contributed by atoms with Crippen LogP contribution in [0.4, 0.5) is 0 Å². The first-order chi connectivity index (χ1) is 11.9. The van der Waals surface area contributed by atoms with Gasteiger partial charge in [-0.05, 0) is 31.5 Å². The van der Waals surface area contributed by atoms with E-state index in [4.69, 9.17) is 9.47 Å². The molecule has 0 amide bonds. The molecule has 0 aromatic heterocycles. The normalized spacial score (nSPS) is 12.1. The van der Waals surface area contributed by atoms with Crippen molar-refractivity contribution in [2.75, 3.05) is 20.0 Å². The molecular weight excluding hydrogens is 340 g/mol. The molecule has 1 aromatic carbocycles. The van der Waals surface area contributed by atoms with Gasteiger partial charge in [0.05, 0.1) is 25.7 Å². The van der Waals surface area contributed by atoms with Gasteiger partial charge in [0.1, 0.15) is 0 Å². The van der Waals surface area contributed by atoms with E-state index in [2.05, 4.69) is 16.9 Å². The van der Waals surface area contributed by atoms with Gasteiger partial charge in [0.2, 0.25) is 10.0 Å². The molecule has 7 heteroatoms. The van der Waals surface area contributed by atoms with Crippen LogP contribution in [-0.4, -0.2) is 34.1 Å². The highest BCUT2D eigenvalue weighted by atomic mass is 32.2. The molecule has 0 aliphatic rings. The van der Waals surface area contributed by atoms with Gasteiger partial charge in [-0.1, -0.05) is 39.0 Å². The first-order valence-electron chi connectivity index (χ1n) is 8.69. The minimum absolute atomic E-state index is 0.0990. The molecule has 0 radical (unpaired) electrons. The number of methoxy groups -OCH3 is 2. The summed E-state index contributed by atoms with van der Waals surface area (Å²) in [7, 11) is -0.282. The van der Waals surface area contributed by atoms with Gasteiger partial charge in [-0.2, -0.15) is 5.10 Å². The van der Waals surface area contributed by atoms with Crippen molar-refractivity contribution in [3.63, 3.8) is 0 Å². The number of nitrogens with one attached hydrogen (secondary N) is 1. The van der Waals surface area contributed by atoms with Gasteiger partial charge >= 0.3 is 0 Å². The van der Waals surface area contributed by atoms with E-state index in [9.17, 15) is 8.42 Å². The number of ether oxygens (including phenoxy) is 2. The van der Waals surface area contributed by atoms with E-state index in [-0.39, 0.29) is 5.75 Å². The van der Waals surface area contributed by atoms with Crippen LogP contribution in [0.5, 0.6) is 11.5 Å². The van der Waals surface area contributed by atoms with Crippen LogP contribution in [0, 0.1) is 0 Å². The van der Waals surface area contributed by atoms with Crippen molar-refractivity contribution in [3.8, 4) is 11.5 Å². The van der Waals surface area contributed by atoms with Crippen molar-refractivity contribution in [1.82, 2.24) is 4.83 Å². The van der Waals surface area contributed by atoms with E-state index < -0.39 is 10.0 Å². The SMILES string of the molecule is CCCCCCCCS(=O)(=O)NN=C(C)c1ccc(OC)c(OC)c1. The molecule has 0 heterocycles. The van der Waals surface area contributed by atoms with Crippen molar-refractivity contribution in [2.45, 2.75) is 52.4 Å².